The monoisotopic (exact) mass is 249 g/mol. The highest BCUT2D eigenvalue weighted by Gasteiger charge is 2.12. The molecule has 0 bridgehead atoms. The fourth-order valence-electron chi connectivity index (χ4n) is 1.71. The van der Waals surface area contributed by atoms with Crippen LogP contribution in [0.1, 0.15) is 11.7 Å². The maximum atomic E-state index is 11.3. The Balaban J connectivity index is 2.48. The molecule has 0 aliphatic carbocycles. The van der Waals surface area contributed by atoms with E-state index in [0.717, 1.165) is 4.57 Å². The number of benzene rings is 1. The molecule has 0 spiro atoms. The van der Waals surface area contributed by atoms with Gasteiger partial charge in [-0.1, -0.05) is 0 Å². The van der Waals surface area contributed by atoms with Gasteiger partial charge in [0.05, 0.1) is 12.6 Å². The van der Waals surface area contributed by atoms with Crippen LogP contribution in [0.5, 0.6) is 11.6 Å². The smallest absolute Gasteiger partial charge is 0.494 e. The van der Waals surface area contributed by atoms with Crippen LogP contribution in [0.25, 0.3) is 10.9 Å². The number of fused-ring (bicyclic) bond motifs is 1. The summed E-state index contributed by atoms with van der Waals surface area (Å²) in [6.45, 7) is 1.35. The number of hydrogen-bond donors (Lipinski definition) is 1. The number of nitrogens with zero attached hydrogens (tertiary/aromatic N) is 1. The summed E-state index contributed by atoms with van der Waals surface area (Å²) in [5, 5.41) is 10.2. The van der Waals surface area contributed by atoms with Gasteiger partial charge in [-0.15, -0.1) is 0 Å². The van der Waals surface area contributed by atoms with Crippen LogP contribution >= 0.6 is 0 Å². The largest absolute Gasteiger partial charge is 0.513 e. The average molecular weight is 249 g/mol. The molecule has 1 heterocycles. The van der Waals surface area contributed by atoms with Gasteiger partial charge in [0.25, 0.3) is 0 Å². The maximum absolute atomic E-state index is 11.3. The Morgan fingerprint density at radius 3 is 2.61 bits per heavy atom. The Kier molecular flexibility index (Phi) is 2.93. The second kappa shape index (κ2) is 4.40. The number of aromatic hydroxyl groups is 1. The molecule has 0 aliphatic heterocycles. The number of rotatable bonds is 1. The number of methoxy groups -OCH3 is 1. The van der Waals surface area contributed by atoms with Crippen LogP contribution in [0.2, 0.25) is 0 Å². The van der Waals surface area contributed by atoms with Gasteiger partial charge in [-0.2, -0.15) is 0 Å². The number of ether oxygens (including phenoxy) is 2. The summed E-state index contributed by atoms with van der Waals surface area (Å²) in [6, 6.07) is 6.04. The van der Waals surface area contributed by atoms with Gasteiger partial charge in [-0.3, -0.25) is 9.36 Å². The zero-order chi connectivity index (χ0) is 13.3. The summed E-state index contributed by atoms with van der Waals surface area (Å²) in [5.41, 5.74) is 0.539. The highest BCUT2D eigenvalue weighted by Crippen LogP contribution is 2.28. The molecular weight excluding hydrogens is 238 g/mol. The Morgan fingerprint density at radius 2 is 2.00 bits per heavy atom. The first-order valence-corrected chi connectivity index (χ1v) is 5.14. The molecule has 0 saturated heterocycles. The minimum atomic E-state index is -0.829. The number of carbonyl (C=O) groups excluding carboxylic acids is 2. The third-order valence-electron chi connectivity index (χ3n) is 2.44. The molecule has 18 heavy (non-hydrogen) atoms. The van der Waals surface area contributed by atoms with Crippen molar-refractivity contribution in [3.05, 3.63) is 24.3 Å². The van der Waals surface area contributed by atoms with Crippen LogP contribution < -0.4 is 4.74 Å². The molecule has 2 aromatic rings. The molecule has 1 aromatic carbocycles. The van der Waals surface area contributed by atoms with E-state index in [0.29, 0.717) is 10.9 Å². The van der Waals surface area contributed by atoms with E-state index in [1.54, 1.807) is 6.07 Å². The molecule has 6 nitrogen and oxygen atoms in total. The molecule has 1 aromatic heterocycles. The van der Waals surface area contributed by atoms with Crippen LogP contribution in [-0.2, 0) is 4.74 Å². The minimum Gasteiger partial charge on any atom is -0.494 e. The van der Waals surface area contributed by atoms with Crippen molar-refractivity contribution in [2.24, 2.45) is 0 Å². The molecule has 0 aliphatic rings. The number of aromatic nitrogens is 1. The third-order valence-corrected chi connectivity index (χ3v) is 2.44. The Bertz CT molecular complexity index is 629. The van der Waals surface area contributed by atoms with E-state index in [-0.39, 0.29) is 17.5 Å². The zero-order valence-corrected chi connectivity index (χ0v) is 9.84. The van der Waals surface area contributed by atoms with Gasteiger partial charge in [0, 0.05) is 18.4 Å². The highest BCUT2D eigenvalue weighted by molar-refractivity contribution is 5.94. The topological polar surface area (TPSA) is 77.8 Å². The van der Waals surface area contributed by atoms with Crippen molar-refractivity contribution in [3.8, 4) is 11.6 Å². The second-order valence-electron chi connectivity index (χ2n) is 3.63. The van der Waals surface area contributed by atoms with Crippen molar-refractivity contribution in [2.45, 2.75) is 6.92 Å². The van der Waals surface area contributed by atoms with E-state index in [9.17, 15) is 14.7 Å². The quantitative estimate of drug-likeness (QED) is 0.619. The fourth-order valence-corrected chi connectivity index (χ4v) is 1.71. The van der Waals surface area contributed by atoms with Gasteiger partial charge in [0.1, 0.15) is 5.75 Å². The standard InChI is InChI=1S/C12H11NO5/c1-7(14)13-10-4-3-9(18-12(16)17-2)5-8(10)6-11(13)15/h3-6,15H,1-2H3. The summed E-state index contributed by atoms with van der Waals surface area (Å²) in [5.74, 6) is -0.188. The Morgan fingerprint density at radius 1 is 1.28 bits per heavy atom. The van der Waals surface area contributed by atoms with Gasteiger partial charge in [-0.25, -0.2) is 4.79 Å². The summed E-state index contributed by atoms with van der Waals surface area (Å²) in [4.78, 5) is 22.3. The first-order chi connectivity index (χ1) is 8.52. The molecule has 2 rings (SSSR count). The van der Waals surface area contributed by atoms with Crippen LogP contribution in [0, 0.1) is 0 Å². The molecule has 0 atom stereocenters. The van der Waals surface area contributed by atoms with Crippen LogP contribution in [0.4, 0.5) is 4.79 Å². The van der Waals surface area contributed by atoms with Crippen molar-refractivity contribution in [3.63, 3.8) is 0 Å². The summed E-state index contributed by atoms with van der Waals surface area (Å²) >= 11 is 0. The van der Waals surface area contributed by atoms with Gasteiger partial charge >= 0.3 is 6.16 Å². The van der Waals surface area contributed by atoms with Crippen LogP contribution in [0.3, 0.4) is 0 Å². The second-order valence-corrected chi connectivity index (χ2v) is 3.63. The predicted octanol–water partition coefficient (Wildman–Crippen LogP) is 2.15. The van der Waals surface area contributed by atoms with Crippen molar-refractivity contribution in [2.75, 3.05) is 7.11 Å². The van der Waals surface area contributed by atoms with Crippen LogP contribution in [-0.4, -0.2) is 28.8 Å². The van der Waals surface area contributed by atoms with E-state index in [1.165, 1.54) is 32.2 Å². The molecule has 0 amide bonds. The van der Waals surface area contributed by atoms with E-state index < -0.39 is 6.16 Å². The average Bonchev–Trinajstić information content (AvgIpc) is 2.64. The molecule has 94 valence electrons. The maximum Gasteiger partial charge on any atom is 0.513 e. The van der Waals surface area contributed by atoms with Gasteiger partial charge in [0.2, 0.25) is 5.91 Å². The lowest BCUT2D eigenvalue weighted by atomic mass is 10.2. The van der Waals surface area contributed by atoms with E-state index in [4.69, 9.17) is 4.74 Å². The van der Waals surface area contributed by atoms with Gasteiger partial charge in [0.15, 0.2) is 5.88 Å². The number of carbonyl (C=O) groups is 2. The van der Waals surface area contributed by atoms with Gasteiger partial charge in [-0.05, 0) is 18.2 Å². The van der Waals surface area contributed by atoms with E-state index in [2.05, 4.69) is 4.74 Å². The van der Waals surface area contributed by atoms with Gasteiger partial charge < -0.3 is 14.6 Å². The van der Waals surface area contributed by atoms with Crippen molar-refractivity contribution >= 4 is 23.0 Å². The lowest BCUT2D eigenvalue weighted by Crippen LogP contribution is -2.07. The summed E-state index contributed by atoms with van der Waals surface area (Å²) in [7, 11) is 1.21. The molecule has 0 unspecified atom stereocenters. The summed E-state index contributed by atoms with van der Waals surface area (Å²) < 4.78 is 10.4. The fraction of sp³-hybridized carbons (Fsp3) is 0.167. The van der Waals surface area contributed by atoms with E-state index >= 15 is 0 Å². The molecule has 0 saturated carbocycles. The molecule has 0 fully saturated rings. The lowest BCUT2D eigenvalue weighted by Gasteiger charge is -2.03. The Labute approximate surface area is 102 Å². The molecule has 1 N–H and O–H groups in total. The minimum absolute atomic E-state index is 0.160. The third kappa shape index (κ3) is 2.00. The zero-order valence-electron chi connectivity index (χ0n) is 9.84. The Hall–Kier alpha value is -2.50. The molecule has 6 heteroatoms. The van der Waals surface area contributed by atoms with Crippen LogP contribution in [0.15, 0.2) is 24.3 Å². The van der Waals surface area contributed by atoms with E-state index in [1.807, 2.05) is 0 Å². The highest BCUT2D eigenvalue weighted by atomic mass is 16.7. The molecule has 0 radical (unpaired) electrons. The SMILES string of the molecule is COC(=O)Oc1ccc2c(c1)cc(O)n2C(C)=O. The summed E-state index contributed by atoms with van der Waals surface area (Å²) in [6.07, 6.45) is -0.829. The first kappa shape index (κ1) is 12.0. The lowest BCUT2D eigenvalue weighted by molar-refractivity contribution is 0.0932. The molecular formula is C12H11NO5. The van der Waals surface area contributed by atoms with Crippen molar-refractivity contribution in [1.29, 1.82) is 0 Å². The van der Waals surface area contributed by atoms with Crippen molar-refractivity contribution < 1.29 is 24.2 Å². The first-order valence-electron chi connectivity index (χ1n) is 5.14. The number of hydrogen-bond acceptors (Lipinski definition) is 5. The normalized spacial score (nSPS) is 10.3. The predicted molar refractivity (Wildman–Crippen MR) is 62.9 cm³/mol. The van der Waals surface area contributed by atoms with Crippen molar-refractivity contribution in [1.82, 2.24) is 4.57 Å².